The van der Waals surface area contributed by atoms with Crippen LogP contribution in [0.4, 0.5) is 0 Å². The molecule has 0 bridgehead atoms. The molecule has 0 saturated heterocycles. The highest BCUT2D eigenvalue weighted by molar-refractivity contribution is 7.91. The molecule has 0 aromatic heterocycles. The number of nitrogens with one attached hydrogen (secondary N) is 1. The van der Waals surface area contributed by atoms with Gasteiger partial charge in [0, 0.05) is 6.26 Å². The van der Waals surface area contributed by atoms with Gasteiger partial charge in [-0.1, -0.05) is 0 Å². The smallest absolute Gasteiger partial charge is 0.150 e. The summed E-state index contributed by atoms with van der Waals surface area (Å²) in [5, 5.41) is 2.78. The third kappa shape index (κ3) is 5.21. The summed E-state index contributed by atoms with van der Waals surface area (Å²) in [6.45, 7) is 2.64. The summed E-state index contributed by atoms with van der Waals surface area (Å²) < 4.78 is 21.8. The number of hydrogen-bond donors (Lipinski definition) is 1. The topological polar surface area (TPSA) is 46.2 Å². The third-order valence-electron chi connectivity index (χ3n) is 1.77. The van der Waals surface area contributed by atoms with E-state index in [0.29, 0.717) is 0 Å². The van der Waals surface area contributed by atoms with Gasteiger partial charge in [0.25, 0.3) is 0 Å². The molecule has 0 radical (unpaired) electrons. The van der Waals surface area contributed by atoms with Crippen molar-refractivity contribution in [3.8, 4) is 0 Å². The fourth-order valence-electron chi connectivity index (χ4n) is 0.780. The van der Waals surface area contributed by atoms with Gasteiger partial charge in [-0.3, -0.25) is 0 Å². The molecule has 0 heterocycles. The molecule has 0 aromatic carbocycles. The van der Waals surface area contributed by atoms with Gasteiger partial charge in [0.1, 0.15) is 9.84 Å². The Morgan fingerprint density at radius 2 is 2.00 bits per heavy atom. The molecule has 1 atom stereocenters. The van der Waals surface area contributed by atoms with Crippen LogP contribution in [0.25, 0.3) is 0 Å². The van der Waals surface area contributed by atoms with Crippen molar-refractivity contribution in [3.63, 3.8) is 0 Å². The summed E-state index contributed by atoms with van der Waals surface area (Å²) >= 11 is 0. The predicted octanol–water partition coefficient (Wildman–Crippen LogP) is 0.419. The van der Waals surface area contributed by atoms with Crippen LogP contribution in [0.1, 0.15) is 19.8 Å². The van der Waals surface area contributed by atoms with Crippen molar-refractivity contribution in [2.75, 3.05) is 19.8 Å². The molecule has 68 valence electrons. The van der Waals surface area contributed by atoms with E-state index in [4.69, 9.17) is 0 Å². The summed E-state index contributed by atoms with van der Waals surface area (Å²) in [7, 11) is -0.945. The van der Waals surface area contributed by atoms with Crippen LogP contribution in [0.15, 0.2) is 0 Å². The maximum atomic E-state index is 10.9. The molecule has 0 amide bonds. The van der Waals surface area contributed by atoms with Crippen LogP contribution < -0.4 is 5.32 Å². The molecule has 0 rings (SSSR count). The third-order valence-corrected chi connectivity index (χ3v) is 3.47. The molecular weight excluding hydrogens is 162 g/mol. The van der Waals surface area contributed by atoms with E-state index in [1.807, 2.05) is 7.05 Å². The Hall–Kier alpha value is -0.0900. The Bertz CT molecular complexity index is 187. The minimum atomic E-state index is -2.81. The normalized spacial score (nSPS) is 14.8. The fraction of sp³-hybridized carbons (Fsp3) is 1.00. The van der Waals surface area contributed by atoms with E-state index < -0.39 is 9.84 Å². The quantitative estimate of drug-likeness (QED) is 0.622. The first-order valence-corrected chi connectivity index (χ1v) is 5.77. The maximum Gasteiger partial charge on any atom is 0.150 e. The molecule has 0 aliphatic rings. The summed E-state index contributed by atoms with van der Waals surface area (Å²) in [6, 6.07) is 0. The Morgan fingerprint density at radius 3 is 2.36 bits per heavy atom. The molecule has 1 unspecified atom stereocenters. The van der Waals surface area contributed by atoms with Crippen LogP contribution in [0, 0.1) is 0 Å². The second-order valence-corrected chi connectivity index (χ2v) is 5.35. The highest BCUT2D eigenvalue weighted by atomic mass is 32.2. The van der Waals surface area contributed by atoms with Gasteiger partial charge in [-0.05, 0) is 33.4 Å². The summed E-state index contributed by atoms with van der Waals surface area (Å²) in [5.41, 5.74) is 0. The Labute approximate surface area is 69.1 Å². The average Bonchev–Trinajstić information content (AvgIpc) is 1.86. The van der Waals surface area contributed by atoms with Crippen LogP contribution in [0.5, 0.6) is 0 Å². The van der Waals surface area contributed by atoms with Gasteiger partial charge in [-0.15, -0.1) is 0 Å². The van der Waals surface area contributed by atoms with Gasteiger partial charge < -0.3 is 5.32 Å². The predicted molar refractivity (Wildman–Crippen MR) is 47.5 cm³/mol. The molecule has 0 fully saturated rings. The molecule has 11 heavy (non-hydrogen) atoms. The maximum absolute atomic E-state index is 10.9. The zero-order valence-corrected chi connectivity index (χ0v) is 8.24. The van der Waals surface area contributed by atoms with Crippen molar-refractivity contribution in [2.45, 2.75) is 25.0 Å². The minimum Gasteiger partial charge on any atom is -0.320 e. The monoisotopic (exact) mass is 179 g/mol. The SMILES string of the molecule is CNCCCC(C)S(C)(=O)=O. The second-order valence-electron chi connectivity index (χ2n) is 2.89. The summed E-state index contributed by atoms with van der Waals surface area (Å²) in [5.74, 6) is 0. The summed E-state index contributed by atoms with van der Waals surface area (Å²) in [6.07, 6.45) is 2.96. The van der Waals surface area contributed by atoms with Crippen LogP contribution in [0.3, 0.4) is 0 Å². The summed E-state index contributed by atoms with van der Waals surface area (Å²) in [4.78, 5) is 0. The van der Waals surface area contributed by atoms with Crippen LogP contribution in [0.2, 0.25) is 0 Å². The van der Waals surface area contributed by atoms with Crippen LogP contribution >= 0.6 is 0 Å². The number of rotatable bonds is 5. The number of hydrogen-bond acceptors (Lipinski definition) is 3. The highest BCUT2D eigenvalue weighted by Gasteiger charge is 2.13. The zero-order valence-electron chi connectivity index (χ0n) is 7.42. The van der Waals surface area contributed by atoms with E-state index in [-0.39, 0.29) is 5.25 Å². The van der Waals surface area contributed by atoms with E-state index in [9.17, 15) is 8.42 Å². The van der Waals surface area contributed by atoms with Gasteiger partial charge in [-0.25, -0.2) is 8.42 Å². The van der Waals surface area contributed by atoms with E-state index in [2.05, 4.69) is 5.32 Å². The lowest BCUT2D eigenvalue weighted by atomic mass is 10.2. The van der Waals surface area contributed by atoms with Crippen molar-refractivity contribution in [2.24, 2.45) is 0 Å². The van der Waals surface area contributed by atoms with Crippen LogP contribution in [-0.4, -0.2) is 33.5 Å². The molecule has 0 saturated carbocycles. The molecule has 0 aromatic rings. The first-order chi connectivity index (χ1) is 4.98. The van der Waals surface area contributed by atoms with Gasteiger partial charge >= 0.3 is 0 Å². The standard InChI is InChI=1S/C7H17NO2S/c1-7(11(3,9)10)5-4-6-8-2/h7-8H,4-6H2,1-3H3. The van der Waals surface area contributed by atoms with Crippen molar-refractivity contribution >= 4 is 9.84 Å². The lowest BCUT2D eigenvalue weighted by Crippen LogP contribution is -2.18. The molecule has 3 nitrogen and oxygen atoms in total. The lowest BCUT2D eigenvalue weighted by Gasteiger charge is -2.07. The van der Waals surface area contributed by atoms with Crippen molar-refractivity contribution < 1.29 is 8.42 Å². The Balaban J connectivity index is 3.62. The first-order valence-electron chi connectivity index (χ1n) is 3.82. The minimum absolute atomic E-state index is 0.198. The largest absolute Gasteiger partial charge is 0.320 e. The zero-order chi connectivity index (χ0) is 8.91. The van der Waals surface area contributed by atoms with E-state index in [0.717, 1.165) is 19.4 Å². The molecule has 1 N–H and O–H groups in total. The molecular formula is C7H17NO2S. The average molecular weight is 179 g/mol. The number of sulfone groups is 1. The van der Waals surface area contributed by atoms with Crippen LogP contribution in [-0.2, 0) is 9.84 Å². The van der Waals surface area contributed by atoms with Gasteiger partial charge in [0.15, 0.2) is 0 Å². The van der Waals surface area contributed by atoms with E-state index in [1.165, 1.54) is 6.26 Å². The van der Waals surface area contributed by atoms with Crippen molar-refractivity contribution in [3.05, 3.63) is 0 Å². The lowest BCUT2D eigenvalue weighted by molar-refractivity contribution is 0.575. The van der Waals surface area contributed by atoms with E-state index in [1.54, 1.807) is 6.92 Å². The molecule has 0 aliphatic carbocycles. The van der Waals surface area contributed by atoms with Gasteiger partial charge in [0.2, 0.25) is 0 Å². The Morgan fingerprint density at radius 1 is 1.45 bits per heavy atom. The first kappa shape index (κ1) is 10.9. The van der Waals surface area contributed by atoms with Crippen molar-refractivity contribution in [1.82, 2.24) is 5.32 Å². The fourth-order valence-corrected chi connectivity index (χ4v) is 1.38. The molecule has 0 spiro atoms. The van der Waals surface area contributed by atoms with Gasteiger partial charge in [0.05, 0.1) is 5.25 Å². The Kier molecular flexibility index (Phi) is 4.68. The molecule has 4 heteroatoms. The highest BCUT2D eigenvalue weighted by Crippen LogP contribution is 2.05. The second kappa shape index (κ2) is 4.72. The van der Waals surface area contributed by atoms with Gasteiger partial charge in [-0.2, -0.15) is 0 Å². The van der Waals surface area contributed by atoms with Crippen molar-refractivity contribution in [1.29, 1.82) is 0 Å². The van der Waals surface area contributed by atoms with E-state index >= 15 is 0 Å². The molecule has 0 aliphatic heterocycles.